The average molecular weight is 363 g/mol. The van der Waals surface area contributed by atoms with Gasteiger partial charge >= 0.3 is 0 Å². The van der Waals surface area contributed by atoms with E-state index in [-0.39, 0.29) is 17.7 Å². The van der Waals surface area contributed by atoms with Crippen LogP contribution < -0.4 is 9.80 Å². The number of rotatable bonds is 2. The molecule has 0 unspecified atom stereocenters. The molecule has 1 saturated heterocycles. The Bertz CT molecular complexity index is 872. The Morgan fingerprint density at radius 3 is 1.96 bits per heavy atom. The zero-order valence-electron chi connectivity index (χ0n) is 15.2. The van der Waals surface area contributed by atoms with Crippen LogP contribution >= 0.6 is 0 Å². The fourth-order valence-corrected chi connectivity index (χ4v) is 3.73. The minimum Gasteiger partial charge on any atom is -0.370 e. The van der Waals surface area contributed by atoms with Crippen LogP contribution in [0.5, 0.6) is 0 Å². The molecule has 0 radical (unpaired) electrons. The summed E-state index contributed by atoms with van der Waals surface area (Å²) in [5.74, 6) is -0.455. The van der Waals surface area contributed by atoms with Crippen LogP contribution in [0.15, 0.2) is 48.5 Å². The number of anilines is 2. The highest BCUT2D eigenvalue weighted by molar-refractivity contribution is 6.34. The first-order valence-corrected chi connectivity index (χ1v) is 9.14. The van der Waals surface area contributed by atoms with E-state index in [0.717, 1.165) is 31.7 Å². The third kappa shape index (κ3) is 3.07. The van der Waals surface area contributed by atoms with Crippen LogP contribution in [0.1, 0.15) is 34.1 Å². The van der Waals surface area contributed by atoms with Crippen LogP contribution in [-0.4, -0.2) is 48.8 Å². The van der Waals surface area contributed by atoms with E-state index in [0.29, 0.717) is 23.4 Å². The summed E-state index contributed by atoms with van der Waals surface area (Å²) in [6.07, 6.45) is 0.916. The molecule has 0 spiro atoms. The molecule has 2 aliphatic heterocycles. The molecule has 0 aromatic heterocycles. The Hall–Kier alpha value is -3.15. The summed E-state index contributed by atoms with van der Waals surface area (Å²) in [6, 6.07) is 14.4. The number of fused-ring (bicyclic) bond motifs is 1. The largest absolute Gasteiger partial charge is 0.370 e. The number of amides is 3. The predicted octanol–water partition coefficient (Wildman–Crippen LogP) is 2.55. The lowest BCUT2D eigenvalue weighted by Crippen LogP contribution is -2.33. The van der Waals surface area contributed by atoms with Gasteiger partial charge in [0, 0.05) is 38.8 Å². The molecular weight excluding hydrogens is 342 g/mol. The normalized spacial score (nSPS) is 17.1. The van der Waals surface area contributed by atoms with Gasteiger partial charge in [0.15, 0.2) is 0 Å². The van der Waals surface area contributed by atoms with Gasteiger partial charge in [0.25, 0.3) is 11.8 Å². The third-order valence-corrected chi connectivity index (χ3v) is 5.21. The Morgan fingerprint density at radius 2 is 1.37 bits per heavy atom. The fraction of sp³-hybridized carbons (Fsp3) is 0.286. The zero-order valence-corrected chi connectivity index (χ0v) is 15.2. The molecule has 0 bridgehead atoms. The Labute approximate surface area is 158 Å². The second kappa shape index (κ2) is 6.87. The summed E-state index contributed by atoms with van der Waals surface area (Å²) < 4.78 is 0. The van der Waals surface area contributed by atoms with E-state index in [1.54, 1.807) is 31.2 Å². The van der Waals surface area contributed by atoms with Crippen LogP contribution in [0.4, 0.5) is 11.4 Å². The number of carbonyl (C=O) groups excluding carboxylic acids is 3. The van der Waals surface area contributed by atoms with E-state index in [4.69, 9.17) is 0 Å². The number of imide groups is 1. The lowest BCUT2D eigenvalue weighted by Gasteiger charge is -2.24. The van der Waals surface area contributed by atoms with Crippen molar-refractivity contribution >= 4 is 29.1 Å². The highest BCUT2D eigenvalue weighted by Crippen LogP contribution is 2.29. The molecule has 2 aromatic rings. The van der Waals surface area contributed by atoms with Crippen molar-refractivity contribution in [3.63, 3.8) is 0 Å². The molecule has 2 aromatic carbocycles. The Kier molecular flexibility index (Phi) is 4.39. The minimum absolute atomic E-state index is 0.109. The highest BCUT2D eigenvalue weighted by Gasteiger charge is 2.36. The van der Waals surface area contributed by atoms with Crippen LogP contribution in [-0.2, 0) is 4.79 Å². The molecule has 0 aliphatic carbocycles. The van der Waals surface area contributed by atoms with Gasteiger partial charge in [0.05, 0.1) is 16.8 Å². The van der Waals surface area contributed by atoms with Crippen molar-refractivity contribution in [3.8, 4) is 0 Å². The molecule has 27 heavy (non-hydrogen) atoms. The maximum Gasteiger partial charge on any atom is 0.266 e. The van der Waals surface area contributed by atoms with Crippen molar-refractivity contribution in [1.82, 2.24) is 4.90 Å². The topological polar surface area (TPSA) is 60.9 Å². The van der Waals surface area contributed by atoms with Gasteiger partial charge in [0.1, 0.15) is 0 Å². The van der Waals surface area contributed by atoms with E-state index >= 15 is 0 Å². The second-order valence-corrected chi connectivity index (χ2v) is 6.85. The lowest BCUT2D eigenvalue weighted by molar-refractivity contribution is -0.128. The first-order chi connectivity index (χ1) is 13.1. The molecule has 3 amide bonds. The van der Waals surface area contributed by atoms with Crippen LogP contribution in [0.2, 0.25) is 0 Å². The molecular formula is C21H21N3O3. The molecule has 138 valence electrons. The predicted molar refractivity (Wildman–Crippen MR) is 103 cm³/mol. The first-order valence-electron chi connectivity index (χ1n) is 9.14. The lowest BCUT2D eigenvalue weighted by atomic mass is 10.1. The molecule has 0 saturated carbocycles. The second-order valence-electron chi connectivity index (χ2n) is 6.85. The standard InChI is InChI=1S/C21H21N3O3/c1-15(25)22-11-4-12-23(14-13-22)16-7-9-17(10-8-16)24-20(26)18-5-2-3-6-19(18)21(24)27/h2-3,5-10H,4,11-14H2,1H3. The molecule has 2 heterocycles. The fourth-order valence-electron chi connectivity index (χ4n) is 3.73. The summed E-state index contributed by atoms with van der Waals surface area (Å²) in [5, 5.41) is 0. The average Bonchev–Trinajstić information content (AvgIpc) is 2.85. The summed E-state index contributed by atoms with van der Waals surface area (Å²) >= 11 is 0. The number of hydrogen-bond acceptors (Lipinski definition) is 4. The van der Waals surface area contributed by atoms with Gasteiger partial charge in [-0.15, -0.1) is 0 Å². The number of hydrogen-bond donors (Lipinski definition) is 0. The summed E-state index contributed by atoms with van der Waals surface area (Å²) in [4.78, 5) is 42.1. The monoisotopic (exact) mass is 363 g/mol. The van der Waals surface area contributed by atoms with Gasteiger partial charge in [-0.1, -0.05) is 12.1 Å². The maximum atomic E-state index is 12.6. The van der Waals surface area contributed by atoms with Crippen molar-refractivity contribution in [1.29, 1.82) is 0 Å². The SMILES string of the molecule is CC(=O)N1CCCN(c2ccc(N3C(=O)c4ccccc4C3=O)cc2)CC1. The van der Waals surface area contributed by atoms with Crippen LogP contribution in [0.25, 0.3) is 0 Å². The number of carbonyl (C=O) groups is 3. The third-order valence-electron chi connectivity index (χ3n) is 5.21. The molecule has 1 fully saturated rings. The molecule has 2 aliphatic rings. The van der Waals surface area contributed by atoms with Gasteiger partial charge in [-0.2, -0.15) is 0 Å². The highest BCUT2D eigenvalue weighted by atomic mass is 16.2. The minimum atomic E-state index is -0.282. The van der Waals surface area contributed by atoms with E-state index in [2.05, 4.69) is 4.90 Å². The molecule has 0 atom stereocenters. The summed E-state index contributed by atoms with van der Waals surface area (Å²) in [6.45, 7) is 4.73. The van der Waals surface area contributed by atoms with Gasteiger partial charge < -0.3 is 9.80 Å². The molecule has 4 rings (SSSR count). The smallest absolute Gasteiger partial charge is 0.266 e. The van der Waals surface area contributed by atoms with E-state index in [1.165, 1.54) is 4.90 Å². The van der Waals surface area contributed by atoms with Gasteiger partial charge in [0.2, 0.25) is 5.91 Å². The summed E-state index contributed by atoms with van der Waals surface area (Å²) in [7, 11) is 0. The molecule has 6 heteroatoms. The number of nitrogens with zero attached hydrogens (tertiary/aromatic N) is 3. The van der Waals surface area contributed by atoms with Crippen molar-refractivity contribution < 1.29 is 14.4 Å². The van der Waals surface area contributed by atoms with Crippen molar-refractivity contribution in [3.05, 3.63) is 59.7 Å². The van der Waals surface area contributed by atoms with Crippen LogP contribution in [0, 0.1) is 0 Å². The van der Waals surface area contributed by atoms with Crippen molar-refractivity contribution in [2.45, 2.75) is 13.3 Å². The molecule has 0 N–H and O–H groups in total. The summed E-state index contributed by atoms with van der Waals surface area (Å²) in [5.41, 5.74) is 2.50. The van der Waals surface area contributed by atoms with Gasteiger partial charge in [-0.3, -0.25) is 14.4 Å². The Balaban J connectivity index is 1.53. The maximum absolute atomic E-state index is 12.6. The van der Waals surface area contributed by atoms with Gasteiger partial charge in [-0.05, 0) is 42.8 Å². The quantitative estimate of drug-likeness (QED) is 0.770. The zero-order chi connectivity index (χ0) is 19.0. The Morgan fingerprint density at radius 1 is 0.778 bits per heavy atom. The van der Waals surface area contributed by atoms with E-state index in [1.807, 2.05) is 29.2 Å². The van der Waals surface area contributed by atoms with Crippen LogP contribution in [0.3, 0.4) is 0 Å². The molecule has 6 nitrogen and oxygen atoms in total. The van der Waals surface area contributed by atoms with E-state index < -0.39 is 0 Å². The first kappa shape index (κ1) is 17.3. The van der Waals surface area contributed by atoms with Crippen molar-refractivity contribution in [2.75, 3.05) is 36.0 Å². The number of benzene rings is 2. The van der Waals surface area contributed by atoms with Crippen molar-refractivity contribution in [2.24, 2.45) is 0 Å². The van der Waals surface area contributed by atoms with E-state index in [9.17, 15) is 14.4 Å². The van der Waals surface area contributed by atoms with Gasteiger partial charge in [-0.25, -0.2) is 4.90 Å².